The molecule has 0 aliphatic heterocycles. The molecule has 0 unspecified atom stereocenters. The number of hydrogen-bond donors (Lipinski definition) is 0. The van der Waals surface area contributed by atoms with Gasteiger partial charge in [0, 0.05) is 12.5 Å². The van der Waals surface area contributed by atoms with E-state index >= 15 is 0 Å². The third-order valence-electron chi connectivity index (χ3n) is 4.44. The van der Waals surface area contributed by atoms with E-state index in [0.29, 0.717) is 29.6 Å². The number of carbonyl (C=O) groups excluding carboxylic acids is 1. The lowest BCUT2D eigenvalue weighted by atomic mass is 9.99. The predicted molar refractivity (Wildman–Crippen MR) is 86.8 cm³/mol. The monoisotopic (exact) mass is 331 g/mol. The quantitative estimate of drug-likeness (QED) is 0.849. The van der Waals surface area contributed by atoms with Crippen molar-refractivity contribution in [3.05, 3.63) is 30.1 Å². The molecule has 1 atom stereocenters. The van der Waals surface area contributed by atoms with Crippen molar-refractivity contribution in [2.45, 2.75) is 55.0 Å². The van der Waals surface area contributed by atoms with Crippen molar-refractivity contribution in [1.29, 1.82) is 0 Å². The zero-order valence-electron chi connectivity index (χ0n) is 12.7. The summed E-state index contributed by atoms with van der Waals surface area (Å²) in [6.07, 6.45) is 5.76. The van der Waals surface area contributed by atoms with Crippen LogP contribution in [0.3, 0.4) is 0 Å². The Morgan fingerprint density at radius 1 is 1.13 bits per heavy atom. The van der Waals surface area contributed by atoms with Crippen LogP contribution in [0.15, 0.2) is 29.4 Å². The summed E-state index contributed by atoms with van der Waals surface area (Å²) in [6.45, 7) is 0. The lowest BCUT2D eigenvalue weighted by molar-refractivity contribution is -0.119. The summed E-state index contributed by atoms with van der Waals surface area (Å²) >= 11 is 1.51. The van der Waals surface area contributed by atoms with Gasteiger partial charge in [-0.2, -0.15) is 0 Å². The van der Waals surface area contributed by atoms with Gasteiger partial charge in [0.1, 0.15) is 11.6 Å². The third-order valence-corrected chi connectivity index (χ3v) is 5.71. The molecule has 2 fully saturated rings. The Bertz CT molecular complexity index is 741. The molecule has 0 radical (unpaired) electrons. The first kappa shape index (κ1) is 14.9. The second-order valence-electron chi connectivity index (χ2n) is 6.21. The number of thioether (sulfide) groups is 1. The van der Waals surface area contributed by atoms with Crippen LogP contribution in [0.5, 0.6) is 0 Å². The third kappa shape index (κ3) is 2.92. The van der Waals surface area contributed by atoms with Crippen molar-refractivity contribution >= 4 is 17.5 Å². The summed E-state index contributed by atoms with van der Waals surface area (Å²) in [7, 11) is 0. The SMILES string of the molecule is O=C1CCCC[C@H]1Sc1nnc(-c2ccccc2F)n1C1CC1. The molecular weight excluding hydrogens is 313 g/mol. The van der Waals surface area contributed by atoms with E-state index in [1.165, 1.54) is 17.8 Å². The molecule has 2 aromatic rings. The van der Waals surface area contributed by atoms with Gasteiger partial charge < -0.3 is 0 Å². The predicted octanol–water partition coefficient (Wildman–Crippen LogP) is 4.02. The molecule has 23 heavy (non-hydrogen) atoms. The van der Waals surface area contributed by atoms with Gasteiger partial charge in [0.2, 0.25) is 0 Å². The Balaban J connectivity index is 1.68. The lowest BCUT2D eigenvalue weighted by Gasteiger charge is -2.19. The number of Topliss-reactive ketones (excluding diaryl/α,β-unsaturated/α-hetero) is 1. The standard InChI is InChI=1S/C17H18FN3OS/c18-13-6-2-1-5-12(13)16-19-20-17(21(16)11-9-10-11)23-15-8-4-3-7-14(15)22/h1-2,5-6,11,15H,3-4,7-10H2/t15-/m1/s1. The maximum atomic E-state index is 14.1. The first-order valence-corrected chi connectivity index (χ1v) is 9.01. The molecule has 4 rings (SSSR count). The van der Waals surface area contributed by atoms with Gasteiger partial charge in [0.15, 0.2) is 11.0 Å². The van der Waals surface area contributed by atoms with Gasteiger partial charge in [0.05, 0.1) is 10.8 Å². The smallest absolute Gasteiger partial charge is 0.192 e. The topological polar surface area (TPSA) is 47.8 Å². The summed E-state index contributed by atoms with van der Waals surface area (Å²) in [5.41, 5.74) is 0.480. The van der Waals surface area contributed by atoms with Gasteiger partial charge in [-0.3, -0.25) is 9.36 Å². The lowest BCUT2D eigenvalue weighted by Crippen LogP contribution is -2.21. The fourth-order valence-corrected chi connectivity index (χ4v) is 4.27. The number of hydrogen-bond acceptors (Lipinski definition) is 4. The van der Waals surface area contributed by atoms with Crippen LogP contribution in [0.1, 0.15) is 44.6 Å². The van der Waals surface area contributed by atoms with Crippen LogP contribution < -0.4 is 0 Å². The Kier molecular flexibility index (Phi) is 3.93. The molecule has 2 saturated carbocycles. The number of carbonyl (C=O) groups is 1. The highest BCUT2D eigenvalue weighted by Crippen LogP contribution is 2.43. The zero-order chi connectivity index (χ0) is 15.8. The average Bonchev–Trinajstić information content (AvgIpc) is 3.31. The van der Waals surface area contributed by atoms with E-state index in [2.05, 4.69) is 10.2 Å². The minimum Gasteiger partial charge on any atom is -0.299 e. The van der Waals surface area contributed by atoms with Crippen molar-refractivity contribution in [1.82, 2.24) is 14.8 Å². The second kappa shape index (κ2) is 6.07. The molecule has 0 bridgehead atoms. The molecule has 0 spiro atoms. The molecule has 120 valence electrons. The molecule has 1 aromatic heterocycles. The van der Waals surface area contributed by atoms with Crippen LogP contribution in [-0.4, -0.2) is 25.8 Å². The fourth-order valence-electron chi connectivity index (χ4n) is 3.05. The highest BCUT2D eigenvalue weighted by Gasteiger charge is 2.33. The fraction of sp³-hybridized carbons (Fsp3) is 0.471. The summed E-state index contributed by atoms with van der Waals surface area (Å²) in [4.78, 5) is 12.1. The van der Waals surface area contributed by atoms with E-state index in [-0.39, 0.29) is 11.1 Å². The Hall–Kier alpha value is -1.69. The molecular formula is C17H18FN3OS. The van der Waals surface area contributed by atoms with Crippen LogP contribution in [-0.2, 0) is 4.79 Å². The van der Waals surface area contributed by atoms with Crippen LogP contribution in [0, 0.1) is 5.82 Å². The molecule has 2 aliphatic rings. The number of rotatable bonds is 4. The van der Waals surface area contributed by atoms with Crippen molar-refractivity contribution < 1.29 is 9.18 Å². The number of aromatic nitrogens is 3. The van der Waals surface area contributed by atoms with Crippen molar-refractivity contribution in [3.8, 4) is 11.4 Å². The van der Waals surface area contributed by atoms with Gasteiger partial charge in [0.25, 0.3) is 0 Å². The van der Waals surface area contributed by atoms with E-state index in [9.17, 15) is 9.18 Å². The normalized spacial score (nSPS) is 21.6. The van der Waals surface area contributed by atoms with Crippen LogP contribution >= 0.6 is 11.8 Å². The van der Waals surface area contributed by atoms with E-state index in [1.807, 2.05) is 10.6 Å². The number of halogens is 1. The Morgan fingerprint density at radius 2 is 1.96 bits per heavy atom. The highest BCUT2D eigenvalue weighted by molar-refractivity contribution is 8.00. The molecule has 0 amide bonds. The first-order valence-electron chi connectivity index (χ1n) is 8.13. The van der Waals surface area contributed by atoms with Crippen LogP contribution in [0.2, 0.25) is 0 Å². The van der Waals surface area contributed by atoms with Crippen molar-refractivity contribution in [2.24, 2.45) is 0 Å². The van der Waals surface area contributed by atoms with E-state index in [1.54, 1.807) is 12.1 Å². The van der Waals surface area contributed by atoms with Gasteiger partial charge in [-0.05, 0) is 37.8 Å². The number of ketones is 1. The number of nitrogens with zero attached hydrogens (tertiary/aromatic N) is 3. The van der Waals surface area contributed by atoms with Crippen LogP contribution in [0.25, 0.3) is 11.4 Å². The Morgan fingerprint density at radius 3 is 2.70 bits per heavy atom. The number of benzene rings is 1. The summed E-state index contributed by atoms with van der Waals surface area (Å²) in [5, 5.41) is 9.25. The van der Waals surface area contributed by atoms with Crippen molar-refractivity contribution in [2.75, 3.05) is 0 Å². The molecule has 1 aromatic carbocycles. The van der Waals surface area contributed by atoms with E-state index in [0.717, 1.165) is 37.3 Å². The maximum Gasteiger partial charge on any atom is 0.192 e. The van der Waals surface area contributed by atoms with Crippen molar-refractivity contribution in [3.63, 3.8) is 0 Å². The molecule has 6 heteroatoms. The zero-order valence-corrected chi connectivity index (χ0v) is 13.6. The molecule has 1 heterocycles. The summed E-state index contributed by atoms with van der Waals surface area (Å²) < 4.78 is 16.2. The highest BCUT2D eigenvalue weighted by atomic mass is 32.2. The second-order valence-corrected chi connectivity index (χ2v) is 7.38. The average molecular weight is 331 g/mol. The Labute approximate surface area is 138 Å². The summed E-state index contributed by atoms with van der Waals surface area (Å²) in [5.74, 6) is 0.600. The van der Waals surface area contributed by atoms with E-state index in [4.69, 9.17) is 0 Å². The minimum absolute atomic E-state index is 0.0288. The van der Waals surface area contributed by atoms with Gasteiger partial charge in [-0.25, -0.2) is 4.39 Å². The molecule has 2 aliphatic carbocycles. The molecule has 0 N–H and O–H groups in total. The maximum absolute atomic E-state index is 14.1. The van der Waals surface area contributed by atoms with Gasteiger partial charge in [-0.1, -0.05) is 30.3 Å². The largest absolute Gasteiger partial charge is 0.299 e. The van der Waals surface area contributed by atoms with Gasteiger partial charge >= 0.3 is 0 Å². The van der Waals surface area contributed by atoms with E-state index < -0.39 is 0 Å². The molecule has 4 nitrogen and oxygen atoms in total. The first-order chi connectivity index (χ1) is 11.2. The van der Waals surface area contributed by atoms with Gasteiger partial charge in [-0.15, -0.1) is 10.2 Å². The summed E-state index contributed by atoms with van der Waals surface area (Å²) in [6, 6.07) is 6.99. The van der Waals surface area contributed by atoms with Crippen LogP contribution in [0.4, 0.5) is 4.39 Å². The molecule has 0 saturated heterocycles. The minimum atomic E-state index is -0.285.